The van der Waals surface area contributed by atoms with Crippen molar-refractivity contribution in [2.45, 2.75) is 49.3 Å². The van der Waals surface area contributed by atoms with E-state index in [1.807, 2.05) is 56.3 Å². The van der Waals surface area contributed by atoms with Crippen LogP contribution in [-0.4, -0.2) is 12.5 Å². The van der Waals surface area contributed by atoms with Crippen molar-refractivity contribution in [3.05, 3.63) is 94.8 Å². The fourth-order valence-electron chi connectivity index (χ4n) is 3.43. The van der Waals surface area contributed by atoms with E-state index in [0.29, 0.717) is 17.7 Å². The first-order valence-corrected chi connectivity index (χ1v) is 11.2. The zero-order valence-electron chi connectivity index (χ0n) is 17.7. The van der Waals surface area contributed by atoms with Gasteiger partial charge in [-0.25, -0.2) is 4.39 Å². The summed E-state index contributed by atoms with van der Waals surface area (Å²) in [6.45, 7) is 6.86. The predicted octanol–water partition coefficient (Wildman–Crippen LogP) is 6.97. The molecule has 156 valence electrons. The third-order valence-electron chi connectivity index (χ3n) is 5.23. The third kappa shape index (κ3) is 5.31. The average molecular weight is 422 g/mol. The zero-order valence-corrected chi connectivity index (χ0v) is 18.6. The van der Waals surface area contributed by atoms with E-state index >= 15 is 0 Å². The molecule has 0 aromatic heterocycles. The number of rotatable bonds is 8. The Morgan fingerprint density at radius 1 is 1.00 bits per heavy atom. The Bertz CT molecular complexity index is 1020. The van der Waals surface area contributed by atoms with Crippen LogP contribution in [0.1, 0.15) is 59.7 Å². The van der Waals surface area contributed by atoms with Gasteiger partial charge in [-0.2, -0.15) is 0 Å². The van der Waals surface area contributed by atoms with E-state index in [-0.39, 0.29) is 17.6 Å². The van der Waals surface area contributed by atoms with E-state index in [1.54, 1.807) is 17.8 Å². The van der Waals surface area contributed by atoms with Gasteiger partial charge in [-0.1, -0.05) is 68.4 Å². The van der Waals surface area contributed by atoms with Crippen LogP contribution in [-0.2, 0) is 0 Å². The third-order valence-corrected chi connectivity index (χ3v) is 6.50. The molecule has 4 heteroatoms. The van der Waals surface area contributed by atoms with E-state index in [1.165, 1.54) is 6.07 Å². The van der Waals surface area contributed by atoms with Gasteiger partial charge in [0.1, 0.15) is 5.82 Å². The minimum atomic E-state index is -0.181. The Kier molecular flexibility index (Phi) is 7.69. The first-order valence-electron chi connectivity index (χ1n) is 10.4. The highest BCUT2D eigenvalue weighted by atomic mass is 32.2. The van der Waals surface area contributed by atoms with Crippen LogP contribution in [0, 0.1) is 12.7 Å². The number of aryl methyl sites for hydroxylation is 1. The Morgan fingerprint density at radius 3 is 2.40 bits per heavy atom. The lowest BCUT2D eigenvalue weighted by atomic mass is 9.93. The Morgan fingerprint density at radius 2 is 1.70 bits per heavy atom. The maximum Gasteiger partial charge on any atom is 0.251 e. The molecular weight excluding hydrogens is 393 g/mol. The molecule has 0 aliphatic heterocycles. The molecule has 30 heavy (non-hydrogen) atoms. The van der Waals surface area contributed by atoms with Gasteiger partial charge in [-0.3, -0.25) is 4.79 Å². The summed E-state index contributed by atoms with van der Waals surface area (Å²) in [5.41, 5.74) is 3.52. The minimum Gasteiger partial charge on any atom is -0.352 e. The first kappa shape index (κ1) is 22.1. The Balaban J connectivity index is 1.82. The molecule has 2 nitrogen and oxygen atoms in total. The second kappa shape index (κ2) is 10.4. The molecule has 1 atom stereocenters. The number of amides is 1. The number of benzene rings is 3. The van der Waals surface area contributed by atoms with Gasteiger partial charge < -0.3 is 5.32 Å². The molecular formula is C26H28FNOS. The van der Waals surface area contributed by atoms with Crippen LogP contribution < -0.4 is 5.32 Å². The maximum absolute atomic E-state index is 14.3. The van der Waals surface area contributed by atoms with Gasteiger partial charge in [-0.15, -0.1) is 0 Å². The van der Waals surface area contributed by atoms with Gasteiger partial charge in [0.15, 0.2) is 0 Å². The number of carbonyl (C=O) groups excluding carboxylic acids is 1. The lowest BCUT2D eigenvalue weighted by molar-refractivity contribution is 0.0953. The summed E-state index contributed by atoms with van der Waals surface area (Å²) < 4.78 is 14.3. The zero-order chi connectivity index (χ0) is 21.5. The van der Waals surface area contributed by atoms with Crippen molar-refractivity contribution in [2.24, 2.45) is 0 Å². The van der Waals surface area contributed by atoms with Crippen LogP contribution in [0.2, 0.25) is 0 Å². The first-order chi connectivity index (χ1) is 14.5. The molecule has 0 heterocycles. The minimum absolute atomic E-state index is 0.0309. The van der Waals surface area contributed by atoms with Crippen LogP contribution in [0.15, 0.2) is 76.5 Å². The standard InChI is InChI=1S/C26H28FNOS/c1-4-5-16-28-26(29)20-14-15-24(18(2)17-20)30-25-13-9-7-11-22(25)19(3)21-10-6-8-12-23(21)27/h6-15,17,19H,4-5,16H2,1-3H3,(H,28,29). The van der Waals surface area contributed by atoms with Crippen molar-refractivity contribution in [3.8, 4) is 0 Å². The summed E-state index contributed by atoms with van der Waals surface area (Å²) in [4.78, 5) is 14.5. The SMILES string of the molecule is CCCCNC(=O)c1ccc(Sc2ccccc2C(C)c2ccccc2F)c(C)c1. The number of carbonyl (C=O) groups is 1. The summed E-state index contributed by atoms with van der Waals surface area (Å²) in [6, 6.07) is 20.9. The molecule has 3 aromatic rings. The lowest BCUT2D eigenvalue weighted by Gasteiger charge is -2.18. The fraction of sp³-hybridized carbons (Fsp3) is 0.269. The Hall–Kier alpha value is -2.59. The van der Waals surface area contributed by atoms with Crippen molar-refractivity contribution in [2.75, 3.05) is 6.54 Å². The van der Waals surface area contributed by atoms with Crippen molar-refractivity contribution in [3.63, 3.8) is 0 Å². The van der Waals surface area contributed by atoms with Crippen molar-refractivity contribution in [1.29, 1.82) is 0 Å². The van der Waals surface area contributed by atoms with Crippen molar-refractivity contribution in [1.82, 2.24) is 5.32 Å². The highest BCUT2D eigenvalue weighted by Gasteiger charge is 2.17. The molecule has 0 aliphatic carbocycles. The van der Waals surface area contributed by atoms with E-state index in [2.05, 4.69) is 24.4 Å². The number of unbranched alkanes of at least 4 members (excludes halogenated alkanes) is 1. The van der Waals surface area contributed by atoms with Crippen LogP contribution in [0.3, 0.4) is 0 Å². The smallest absolute Gasteiger partial charge is 0.251 e. The lowest BCUT2D eigenvalue weighted by Crippen LogP contribution is -2.24. The quantitative estimate of drug-likeness (QED) is 0.398. The molecule has 0 bridgehead atoms. The highest BCUT2D eigenvalue weighted by molar-refractivity contribution is 7.99. The van der Waals surface area contributed by atoms with Gasteiger partial charge in [-0.05, 0) is 60.4 Å². The van der Waals surface area contributed by atoms with E-state index in [4.69, 9.17) is 0 Å². The maximum atomic E-state index is 14.3. The molecule has 0 radical (unpaired) electrons. The number of hydrogen-bond acceptors (Lipinski definition) is 2. The van der Waals surface area contributed by atoms with Gasteiger partial charge in [0.05, 0.1) is 0 Å². The van der Waals surface area contributed by atoms with Crippen LogP contribution in [0.25, 0.3) is 0 Å². The summed E-state index contributed by atoms with van der Waals surface area (Å²) in [7, 11) is 0. The molecule has 3 aromatic carbocycles. The van der Waals surface area contributed by atoms with E-state index in [0.717, 1.165) is 33.8 Å². The van der Waals surface area contributed by atoms with Crippen LogP contribution in [0.5, 0.6) is 0 Å². The molecule has 0 aliphatic rings. The number of nitrogens with one attached hydrogen (secondary N) is 1. The molecule has 1 amide bonds. The monoisotopic (exact) mass is 421 g/mol. The number of hydrogen-bond donors (Lipinski definition) is 1. The molecule has 0 saturated heterocycles. The molecule has 0 spiro atoms. The molecule has 0 saturated carbocycles. The van der Waals surface area contributed by atoms with Gasteiger partial charge in [0.25, 0.3) is 5.91 Å². The fourth-order valence-corrected chi connectivity index (χ4v) is 4.53. The van der Waals surface area contributed by atoms with Crippen LogP contribution >= 0.6 is 11.8 Å². The van der Waals surface area contributed by atoms with Crippen LogP contribution in [0.4, 0.5) is 4.39 Å². The molecule has 1 N–H and O–H groups in total. The van der Waals surface area contributed by atoms with E-state index < -0.39 is 0 Å². The van der Waals surface area contributed by atoms with Gasteiger partial charge >= 0.3 is 0 Å². The molecule has 0 fully saturated rings. The second-order valence-corrected chi connectivity index (χ2v) is 8.56. The summed E-state index contributed by atoms with van der Waals surface area (Å²) >= 11 is 1.66. The molecule has 1 unspecified atom stereocenters. The normalized spacial score (nSPS) is 11.9. The average Bonchev–Trinajstić information content (AvgIpc) is 2.75. The van der Waals surface area contributed by atoms with Gasteiger partial charge in [0.2, 0.25) is 0 Å². The second-order valence-electron chi connectivity index (χ2n) is 7.47. The topological polar surface area (TPSA) is 29.1 Å². The molecule has 3 rings (SSSR count). The summed E-state index contributed by atoms with van der Waals surface area (Å²) in [5, 5.41) is 2.96. The predicted molar refractivity (Wildman–Crippen MR) is 123 cm³/mol. The van der Waals surface area contributed by atoms with Crippen molar-refractivity contribution < 1.29 is 9.18 Å². The van der Waals surface area contributed by atoms with Crippen molar-refractivity contribution >= 4 is 17.7 Å². The van der Waals surface area contributed by atoms with E-state index in [9.17, 15) is 9.18 Å². The summed E-state index contributed by atoms with van der Waals surface area (Å²) in [6.07, 6.45) is 2.04. The number of halogens is 1. The highest BCUT2D eigenvalue weighted by Crippen LogP contribution is 2.38. The van der Waals surface area contributed by atoms with Gasteiger partial charge in [0, 0.05) is 27.8 Å². The summed E-state index contributed by atoms with van der Waals surface area (Å²) in [5.74, 6) is -0.269. The largest absolute Gasteiger partial charge is 0.352 e. The Labute approximate surface area is 182 Å².